The molecule has 0 unspecified atom stereocenters. The molecule has 0 saturated heterocycles. The molecular weight excluding hydrogens is 244 g/mol. The van der Waals surface area contributed by atoms with Gasteiger partial charge in [-0.2, -0.15) is 5.26 Å². The number of thioether (sulfide) groups is 1. The van der Waals surface area contributed by atoms with E-state index in [4.69, 9.17) is 4.84 Å². The second-order valence-corrected chi connectivity index (χ2v) is 4.78. The number of rotatable bonds is 2. The smallest absolute Gasteiger partial charge is 0.140 e. The predicted molar refractivity (Wildman–Crippen MR) is 74.9 cm³/mol. The van der Waals surface area contributed by atoms with Gasteiger partial charge in [0.25, 0.3) is 0 Å². The van der Waals surface area contributed by atoms with Crippen molar-refractivity contribution in [1.82, 2.24) is 0 Å². The van der Waals surface area contributed by atoms with E-state index in [1.54, 1.807) is 0 Å². The van der Waals surface area contributed by atoms with Crippen LogP contribution in [0.3, 0.4) is 0 Å². The summed E-state index contributed by atoms with van der Waals surface area (Å²) in [5.41, 5.74) is 2.73. The molecule has 0 N–H and O–H groups in total. The third kappa shape index (κ3) is 2.47. The summed E-state index contributed by atoms with van der Waals surface area (Å²) in [6, 6.07) is 10.1. The van der Waals surface area contributed by atoms with E-state index >= 15 is 0 Å². The third-order valence-corrected chi connectivity index (χ3v) is 3.53. The molecule has 0 atom stereocenters. The van der Waals surface area contributed by atoms with Crippen molar-refractivity contribution < 1.29 is 4.84 Å². The van der Waals surface area contributed by atoms with Crippen LogP contribution in [-0.4, -0.2) is 12.2 Å². The molecule has 1 aliphatic rings. The van der Waals surface area contributed by atoms with Gasteiger partial charge in [0, 0.05) is 4.91 Å². The minimum atomic E-state index is 0.677. The van der Waals surface area contributed by atoms with Gasteiger partial charge in [-0.3, -0.25) is 0 Å². The van der Waals surface area contributed by atoms with Crippen molar-refractivity contribution >= 4 is 22.4 Å². The van der Waals surface area contributed by atoms with Gasteiger partial charge in [-0.1, -0.05) is 41.2 Å². The molecule has 2 rings (SSSR count). The van der Waals surface area contributed by atoms with E-state index < -0.39 is 0 Å². The van der Waals surface area contributed by atoms with Crippen LogP contribution in [0.4, 0.5) is 0 Å². The van der Waals surface area contributed by atoms with E-state index in [2.05, 4.69) is 11.2 Å². The number of aryl methyl sites for hydroxylation is 1. The summed E-state index contributed by atoms with van der Waals surface area (Å²) in [6.45, 7) is 2.00. The van der Waals surface area contributed by atoms with Crippen LogP contribution >= 0.6 is 11.8 Å². The van der Waals surface area contributed by atoms with E-state index in [1.807, 2.05) is 43.3 Å². The van der Waals surface area contributed by atoms with Crippen molar-refractivity contribution in [3.05, 3.63) is 52.4 Å². The highest BCUT2D eigenvalue weighted by molar-refractivity contribution is 8.18. The Hall–Kier alpha value is -1.99. The summed E-state index contributed by atoms with van der Waals surface area (Å²) in [7, 11) is 1.51. The summed E-state index contributed by atoms with van der Waals surface area (Å²) >= 11 is 1.44. The van der Waals surface area contributed by atoms with Crippen LogP contribution in [0, 0.1) is 18.3 Å². The zero-order valence-corrected chi connectivity index (χ0v) is 11.0. The SMILES string of the molecule is CON=C1C=CC(=C(C#N)c2ccccc2C)S1. The largest absolute Gasteiger partial charge is 0.398 e. The molecule has 1 aromatic carbocycles. The Balaban J connectivity index is 2.43. The fourth-order valence-corrected chi connectivity index (χ4v) is 2.57. The summed E-state index contributed by atoms with van der Waals surface area (Å²) in [4.78, 5) is 5.63. The molecule has 3 nitrogen and oxygen atoms in total. The lowest BCUT2D eigenvalue weighted by Gasteiger charge is -2.05. The van der Waals surface area contributed by atoms with Gasteiger partial charge < -0.3 is 4.84 Å². The molecule has 0 fully saturated rings. The second kappa shape index (κ2) is 5.56. The lowest BCUT2D eigenvalue weighted by molar-refractivity contribution is 0.215. The first-order valence-electron chi connectivity index (χ1n) is 5.43. The van der Waals surface area contributed by atoms with Gasteiger partial charge >= 0.3 is 0 Å². The molecule has 1 aliphatic heterocycles. The van der Waals surface area contributed by atoms with Gasteiger partial charge in [-0.15, -0.1) is 0 Å². The van der Waals surface area contributed by atoms with Crippen LogP contribution in [0.5, 0.6) is 0 Å². The highest BCUT2D eigenvalue weighted by Gasteiger charge is 2.16. The zero-order valence-electron chi connectivity index (χ0n) is 10.2. The van der Waals surface area contributed by atoms with Crippen LogP contribution in [0.15, 0.2) is 46.5 Å². The molecule has 90 valence electrons. The van der Waals surface area contributed by atoms with Gasteiger partial charge in [-0.05, 0) is 30.2 Å². The van der Waals surface area contributed by atoms with E-state index in [0.717, 1.165) is 21.1 Å². The number of oxime groups is 1. The molecular formula is C14H12N2OS. The minimum absolute atomic E-state index is 0.677. The monoisotopic (exact) mass is 256 g/mol. The third-order valence-electron chi connectivity index (χ3n) is 2.55. The summed E-state index contributed by atoms with van der Waals surface area (Å²) in [5.74, 6) is 0. The molecule has 4 heteroatoms. The number of hydrogen-bond acceptors (Lipinski definition) is 4. The number of benzene rings is 1. The second-order valence-electron chi connectivity index (χ2n) is 3.71. The van der Waals surface area contributed by atoms with Crippen LogP contribution in [0.1, 0.15) is 11.1 Å². The molecule has 0 bridgehead atoms. The lowest BCUT2D eigenvalue weighted by atomic mass is 10.0. The van der Waals surface area contributed by atoms with E-state index in [0.29, 0.717) is 5.57 Å². The van der Waals surface area contributed by atoms with Crippen molar-refractivity contribution in [2.24, 2.45) is 5.16 Å². The van der Waals surface area contributed by atoms with Crippen LogP contribution in [0.2, 0.25) is 0 Å². The van der Waals surface area contributed by atoms with Crippen molar-refractivity contribution in [3.63, 3.8) is 0 Å². The molecule has 1 aromatic rings. The molecule has 0 aliphatic carbocycles. The van der Waals surface area contributed by atoms with Gasteiger partial charge in [0.05, 0.1) is 5.57 Å². The molecule has 0 amide bonds. The van der Waals surface area contributed by atoms with Crippen molar-refractivity contribution in [2.45, 2.75) is 6.92 Å². The summed E-state index contributed by atoms with van der Waals surface area (Å²) < 4.78 is 0. The number of allylic oxidation sites excluding steroid dienone is 2. The van der Waals surface area contributed by atoms with Crippen molar-refractivity contribution in [3.8, 4) is 6.07 Å². The van der Waals surface area contributed by atoms with Crippen molar-refractivity contribution in [1.29, 1.82) is 5.26 Å². The summed E-state index contributed by atoms with van der Waals surface area (Å²) in [5, 5.41) is 14.0. The van der Waals surface area contributed by atoms with E-state index in [1.165, 1.54) is 18.9 Å². The maximum Gasteiger partial charge on any atom is 0.140 e. The highest BCUT2D eigenvalue weighted by atomic mass is 32.2. The standard InChI is InChI=1S/C14H12N2OS/c1-10-5-3-4-6-11(10)12(9-15)13-7-8-14(18-13)16-17-2/h3-8H,1-2H3. The fraction of sp³-hybridized carbons (Fsp3) is 0.143. The summed E-state index contributed by atoms with van der Waals surface area (Å²) in [6.07, 6.45) is 3.74. The maximum absolute atomic E-state index is 9.35. The first-order chi connectivity index (χ1) is 8.76. The Morgan fingerprint density at radius 3 is 2.78 bits per heavy atom. The highest BCUT2D eigenvalue weighted by Crippen LogP contribution is 2.34. The Morgan fingerprint density at radius 2 is 2.11 bits per heavy atom. The van der Waals surface area contributed by atoms with Crippen molar-refractivity contribution in [2.75, 3.05) is 7.11 Å². The molecule has 1 heterocycles. The van der Waals surface area contributed by atoms with Gasteiger partial charge in [0.1, 0.15) is 18.2 Å². The number of hydrogen-bond donors (Lipinski definition) is 0. The molecule has 0 radical (unpaired) electrons. The maximum atomic E-state index is 9.35. The first kappa shape index (κ1) is 12.5. The fourth-order valence-electron chi connectivity index (χ4n) is 1.70. The first-order valence-corrected chi connectivity index (χ1v) is 6.25. The average Bonchev–Trinajstić information content (AvgIpc) is 2.82. The zero-order chi connectivity index (χ0) is 13.0. The molecule has 18 heavy (non-hydrogen) atoms. The Morgan fingerprint density at radius 1 is 1.33 bits per heavy atom. The molecule has 0 spiro atoms. The van der Waals surface area contributed by atoms with Crippen LogP contribution < -0.4 is 0 Å². The van der Waals surface area contributed by atoms with Crippen LogP contribution in [-0.2, 0) is 4.84 Å². The number of nitrogens with zero attached hydrogens (tertiary/aromatic N) is 2. The average molecular weight is 256 g/mol. The van der Waals surface area contributed by atoms with Crippen LogP contribution in [0.25, 0.3) is 5.57 Å². The predicted octanol–water partition coefficient (Wildman–Crippen LogP) is 3.49. The number of nitriles is 1. The lowest BCUT2D eigenvalue weighted by Crippen LogP contribution is -1.89. The Kier molecular flexibility index (Phi) is 3.85. The quantitative estimate of drug-likeness (QED) is 0.601. The van der Waals surface area contributed by atoms with Gasteiger partial charge in [0.2, 0.25) is 0 Å². The van der Waals surface area contributed by atoms with E-state index in [9.17, 15) is 5.26 Å². The van der Waals surface area contributed by atoms with Gasteiger partial charge in [0.15, 0.2) is 0 Å². The minimum Gasteiger partial charge on any atom is -0.398 e. The molecule has 0 aromatic heterocycles. The normalized spacial score (nSPS) is 18.8. The topological polar surface area (TPSA) is 45.4 Å². The van der Waals surface area contributed by atoms with Gasteiger partial charge in [-0.25, -0.2) is 0 Å². The van der Waals surface area contributed by atoms with E-state index in [-0.39, 0.29) is 0 Å². The Labute approximate surface area is 110 Å². The molecule has 0 saturated carbocycles. The Bertz CT molecular complexity index is 594.